The second kappa shape index (κ2) is 4.28. The van der Waals surface area contributed by atoms with E-state index in [-0.39, 0.29) is 0 Å². The Morgan fingerprint density at radius 2 is 2.12 bits per heavy atom. The van der Waals surface area contributed by atoms with Crippen molar-refractivity contribution in [1.82, 2.24) is 0 Å². The van der Waals surface area contributed by atoms with Crippen LogP contribution in [0.5, 0.6) is 0 Å². The van der Waals surface area contributed by atoms with Crippen molar-refractivity contribution >= 4 is 35.3 Å². The van der Waals surface area contributed by atoms with E-state index in [1.165, 1.54) is 43.6 Å². The van der Waals surface area contributed by atoms with E-state index in [0.29, 0.717) is 4.08 Å². The quantitative estimate of drug-likeness (QED) is 0.592. The fraction of sp³-hybridized carbons (Fsp3) is 0.714. The second-order valence-electron chi connectivity index (χ2n) is 5.39. The summed E-state index contributed by atoms with van der Waals surface area (Å²) >= 11 is 6.65. The van der Waals surface area contributed by atoms with Crippen LogP contribution in [-0.4, -0.2) is 20.8 Å². The second-order valence-corrected chi connectivity index (χ2v) is 9.54. The highest BCUT2D eigenvalue weighted by atomic mass is 32.2. The lowest BCUT2D eigenvalue weighted by molar-refractivity contribution is 0.488. The standard InChI is InChI=1S/C14H18S3/c1-3-10-9-15-12-5-6-14(11(4-1)13(10)12)16-7-2-8-17-14/h4,9,12-13H,1-3,5-8H2. The number of rotatable bonds is 0. The van der Waals surface area contributed by atoms with Gasteiger partial charge in [-0.2, -0.15) is 0 Å². The van der Waals surface area contributed by atoms with Gasteiger partial charge in [-0.15, -0.1) is 35.3 Å². The molecule has 1 spiro atoms. The van der Waals surface area contributed by atoms with Crippen LogP contribution >= 0.6 is 35.3 Å². The van der Waals surface area contributed by atoms with E-state index in [1.807, 2.05) is 5.57 Å². The number of thioether (sulfide) groups is 3. The Bertz CT molecular complexity index is 390. The van der Waals surface area contributed by atoms with Crippen LogP contribution in [0.15, 0.2) is 22.6 Å². The van der Waals surface area contributed by atoms with Gasteiger partial charge in [0, 0.05) is 11.2 Å². The van der Waals surface area contributed by atoms with Crippen molar-refractivity contribution in [2.75, 3.05) is 11.5 Å². The Labute approximate surface area is 116 Å². The van der Waals surface area contributed by atoms with Gasteiger partial charge in [-0.1, -0.05) is 11.6 Å². The Morgan fingerprint density at radius 1 is 1.24 bits per heavy atom. The van der Waals surface area contributed by atoms with Gasteiger partial charge in [0.25, 0.3) is 0 Å². The molecule has 0 nitrogen and oxygen atoms in total. The van der Waals surface area contributed by atoms with Gasteiger partial charge < -0.3 is 0 Å². The largest absolute Gasteiger partial charge is 0.140 e. The molecule has 2 heterocycles. The monoisotopic (exact) mass is 282 g/mol. The first kappa shape index (κ1) is 11.4. The van der Waals surface area contributed by atoms with E-state index in [0.717, 1.165) is 11.2 Å². The number of hydrogen-bond acceptors (Lipinski definition) is 3. The Kier molecular flexibility index (Phi) is 2.86. The minimum atomic E-state index is 0.490. The molecule has 4 rings (SSSR count). The zero-order chi connectivity index (χ0) is 11.3. The summed E-state index contributed by atoms with van der Waals surface area (Å²) in [7, 11) is 0. The van der Waals surface area contributed by atoms with Crippen LogP contribution in [0, 0.1) is 5.92 Å². The van der Waals surface area contributed by atoms with Crippen molar-refractivity contribution in [3.05, 3.63) is 22.6 Å². The predicted octanol–water partition coefficient (Wildman–Crippen LogP) is 4.68. The molecule has 1 saturated heterocycles. The molecule has 0 aromatic carbocycles. The summed E-state index contributed by atoms with van der Waals surface area (Å²) in [6.45, 7) is 0. The maximum Gasteiger partial charge on any atom is 0.0827 e. The Hall–Kier alpha value is 0.530. The smallest absolute Gasteiger partial charge is 0.0827 e. The third kappa shape index (κ3) is 1.68. The number of hydrogen-bond donors (Lipinski definition) is 0. The van der Waals surface area contributed by atoms with Crippen molar-refractivity contribution in [1.29, 1.82) is 0 Å². The summed E-state index contributed by atoms with van der Waals surface area (Å²) in [6.07, 6.45) is 9.52. The lowest BCUT2D eigenvalue weighted by Crippen LogP contribution is -2.40. The van der Waals surface area contributed by atoms with Gasteiger partial charge >= 0.3 is 0 Å². The molecule has 3 heteroatoms. The van der Waals surface area contributed by atoms with Crippen molar-refractivity contribution in [2.45, 2.75) is 41.4 Å². The molecule has 17 heavy (non-hydrogen) atoms. The molecule has 0 aromatic rings. The average Bonchev–Trinajstić information content (AvgIpc) is 2.80. The first-order valence-electron chi connectivity index (χ1n) is 6.72. The average molecular weight is 282 g/mol. The van der Waals surface area contributed by atoms with Crippen LogP contribution < -0.4 is 0 Å². The molecule has 0 amide bonds. The molecule has 0 N–H and O–H groups in total. The third-order valence-corrected chi connectivity index (χ3v) is 9.26. The molecule has 0 radical (unpaired) electrons. The van der Waals surface area contributed by atoms with Crippen LogP contribution in [-0.2, 0) is 0 Å². The third-order valence-electron chi connectivity index (χ3n) is 4.45. The van der Waals surface area contributed by atoms with Gasteiger partial charge in [0.15, 0.2) is 0 Å². The van der Waals surface area contributed by atoms with Crippen molar-refractivity contribution in [2.24, 2.45) is 5.92 Å². The first-order chi connectivity index (χ1) is 8.39. The molecule has 2 aliphatic heterocycles. The molecular weight excluding hydrogens is 264 g/mol. The number of fused-ring (bicyclic) bond motifs is 1. The molecule has 1 saturated carbocycles. The first-order valence-corrected chi connectivity index (χ1v) is 9.63. The summed E-state index contributed by atoms with van der Waals surface area (Å²) in [5.41, 5.74) is 3.59. The summed E-state index contributed by atoms with van der Waals surface area (Å²) in [6, 6.07) is 0. The molecule has 2 aliphatic carbocycles. The minimum absolute atomic E-state index is 0.490. The number of allylic oxidation sites excluding steroid dienone is 2. The predicted molar refractivity (Wildman–Crippen MR) is 81.8 cm³/mol. The van der Waals surface area contributed by atoms with E-state index in [2.05, 4.69) is 46.8 Å². The molecular formula is C14H18S3. The zero-order valence-electron chi connectivity index (χ0n) is 9.98. The van der Waals surface area contributed by atoms with Gasteiger partial charge in [0.1, 0.15) is 0 Å². The Balaban J connectivity index is 1.74. The summed E-state index contributed by atoms with van der Waals surface area (Å²) in [5.74, 6) is 3.60. The van der Waals surface area contributed by atoms with E-state index < -0.39 is 0 Å². The van der Waals surface area contributed by atoms with E-state index in [1.54, 1.807) is 5.57 Å². The van der Waals surface area contributed by atoms with Crippen LogP contribution in [0.4, 0.5) is 0 Å². The van der Waals surface area contributed by atoms with Crippen LogP contribution in [0.2, 0.25) is 0 Å². The fourth-order valence-corrected chi connectivity index (χ4v) is 8.57. The molecule has 2 fully saturated rings. The van der Waals surface area contributed by atoms with Gasteiger partial charge in [-0.05, 0) is 54.6 Å². The minimum Gasteiger partial charge on any atom is -0.140 e. The van der Waals surface area contributed by atoms with Gasteiger partial charge in [0.2, 0.25) is 0 Å². The lowest BCUT2D eigenvalue weighted by atomic mass is 9.74. The van der Waals surface area contributed by atoms with Crippen LogP contribution in [0.25, 0.3) is 0 Å². The van der Waals surface area contributed by atoms with Gasteiger partial charge in [-0.3, -0.25) is 0 Å². The van der Waals surface area contributed by atoms with E-state index in [9.17, 15) is 0 Å². The normalized spacial score (nSPS) is 38.6. The highest BCUT2D eigenvalue weighted by Crippen LogP contribution is 2.62. The summed E-state index contributed by atoms with van der Waals surface area (Å²) in [4.78, 5) is 0. The molecule has 2 atom stereocenters. The van der Waals surface area contributed by atoms with E-state index in [4.69, 9.17) is 0 Å². The fourth-order valence-electron chi connectivity index (χ4n) is 3.69. The van der Waals surface area contributed by atoms with Gasteiger partial charge in [0.05, 0.1) is 4.08 Å². The molecule has 2 unspecified atom stereocenters. The molecule has 0 aromatic heterocycles. The van der Waals surface area contributed by atoms with Gasteiger partial charge in [-0.25, -0.2) is 0 Å². The van der Waals surface area contributed by atoms with Crippen molar-refractivity contribution in [3.8, 4) is 0 Å². The lowest BCUT2D eigenvalue weighted by Gasteiger charge is -2.48. The van der Waals surface area contributed by atoms with E-state index >= 15 is 0 Å². The van der Waals surface area contributed by atoms with Crippen molar-refractivity contribution < 1.29 is 0 Å². The van der Waals surface area contributed by atoms with Crippen LogP contribution in [0.1, 0.15) is 32.1 Å². The van der Waals surface area contributed by atoms with Crippen LogP contribution in [0.3, 0.4) is 0 Å². The maximum absolute atomic E-state index is 2.62. The van der Waals surface area contributed by atoms with Crippen molar-refractivity contribution in [3.63, 3.8) is 0 Å². The highest BCUT2D eigenvalue weighted by molar-refractivity contribution is 8.19. The Morgan fingerprint density at radius 3 is 3.00 bits per heavy atom. The zero-order valence-corrected chi connectivity index (χ0v) is 12.4. The highest BCUT2D eigenvalue weighted by Gasteiger charge is 2.50. The summed E-state index contributed by atoms with van der Waals surface area (Å²) in [5, 5.41) is 3.39. The molecule has 0 bridgehead atoms. The SMILES string of the molecule is C1=C2CCC=C3C2C(CCC32SCCCS2)S1. The summed E-state index contributed by atoms with van der Waals surface area (Å²) < 4.78 is 0.490. The molecule has 4 aliphatic rings. The topological polar surface area (TPSA) is 0 Å². The molecule has 92 valence electrons. The maximum atomic E-state index is 2.62.